The second-order valence-corrected chi connectivity index (χ2v) is 10.5. The summed E-state index contributed by atoms with van der Waals surface area (Å²) in [6, 6.07) is 5.49. The Kier molecular flexibility index (Phi) is 7.56. The highest BCUT2D eigenvalue weighted by Gasteiger charge is 2.35. The van der Waals surface area contributed by atoms with Gasteiger partial charge in [-0.15, -0.1) is 0 Å². The maximum atomic E-state index is 13.7. The van der Waals surface area contributed by atoms with Gasteiger partial charge in [0.05, 0.1) is 41.4 Å². The number of benzene rings is 1. The van der Waals surface area contributed by atoms with E-state index in [2.05, 4.69) is 16.5 Å². The molecule has 2 N–H and O–H groups in total. The van der Waals surface area contributed by atoms with E-state index in [1.165, 1.54) is 0 Å². The van der Waals surface area contributed by atoms with Crippen LogP contribution >= 0.6 is 0 Å². The first-order valence-electron chi connectivity index (χ1n) is 10.7. The summed E-state index contributed by atoms with van der Waals surface area (Å²) in [4.78, 5) is 6.65. The Morgan fingerprint density at radius 3 is 2.42 bits per heavy atom. The topological polar surface area (TPSA) is 94.2 Å². The summed E-state index contributed by atoms with van der Waals surface area (Å²) < 4.78 is 38.5. The second-order valence-electron chi connectivity index (χ2n) is 8.27. The Morgan fingerprint density at radius 2 is 1.84 bits per heavy atom. The monoisotopic (exact) mass is 447 g/mol. The van der Waals surface area contributed by atoms with E-state index in [0.717, 1.165) is 11.3 Å². The lowest BCUT2D eigenvalue weighted by molar-refractivity contribution is -0.0276. The van der Waals surface area contributed by atoms with Crippen molar-refractivity contribution >= 4 is 26.9 Å². The molecular formula is C23H33N3O4S. The van der Waals surface area contributed by atoms with Crippen molar-refractivity contribution in [2.24, 2.45) is 10.7 Å². The lowest BCUT2D eigenvalue weighted by Gasteiger charge is -2.33. The number of anilines is 1. The highest BCUT2D eigenvalue weighted by molar-refractivity contribution is 7.92. The number of nitrogens with zero attached hydrogens (tertiary/aromatic N) is 2. The minimum Gasteiger partial charge on any atom is -0.387 e. The summed E-state index contributed by atoms with van der Waals surface area (Å²) in [6.07, 6.45) is 4.09. The van der Waals surface area contributed by atoms with Crippen molar-refractivity contribution < 1.29 is 17.9 Å². The molecule has 0 aliphatic carbocycles. The molecule has 3 atom stereocenters. The Morgan fingerprint density at radius 1 is 1.19 bits per heavy atom. The molecule has 1 aromatic carbocycles. The molecule has 2 aliphatic rings. The fourth-order valence-corrected chi connectivity index (χ4v) is 6.13. The molecule has 0 spiro atoms. The predicted octanol–water partition coefficient (Wildman–Crippen LogP) is 3.16. The molecular weight excluding hydrogens is 414 g/mol. The minimum absolute atomic E-state index is 0.0871. The maximum absolute atomic E-state index is 13.7. The van der Waals surface area contributed by atoms with Crippen molar-refractivity contribution in [2.45, 2.75) is 56.0 Å². The second kappa shape index (κ2) is 9.97. The minimum atomic E-state index is -3.54. The van der Waals surface area contributed by atoms with Gasteiger partial charge >= 0.3 is 0 Å². The van der Waals surface area contributed by atoms with Crippen molar-refractivity contribution in [2.75, 3.05) is 31.2 Å². The van der Waals surface area contributed by atoms with Gasteiger partial charge in [-0.1, -0.05) is 12.7 Å². The Hall–Kier alpha value is -2.16. The van der Waals surface area contributed by atoms with Gasteiger partial charge in [-0.2, -0.15) is 0 Å². The third kappa shape index (κ3) is 5.75. The Bertz CT molecular complexity index is 951. The number of nitrogens with two attached hydrogens (primary N) is 1. The van der Waals surface area contributed by atoms with Gasteiger partial charge in [0, 0.05) is 25.0 Å². The molecule has 1 aromatic rings. The third-order valence-corrected chi connectivity index (χ3v) is 7.80. The van der Waals surface area contributed by atoms with Crippen molar-refractivity contribution in [3.05, 3.63) is 42.6 Å². The fraction of sp³-hybridized carbons (Fsp3) is 0.522. The Labute approximate surface area is 185 Å². The van der Waals surface area contributed by atoms with Gasteiger partial charge in [-0.25, -0.2) is 13.4 Å². The molecule has 2 fully saturated rings. The van der Waals surface area contributed by atoms with Crippen LogP contribution in [0, 0.1) is 0 Å². The lowest BCUT2D eigenvalue weighted by Crippen LogP contribution is -2.38. The van der Waals surface area contributed by atoms with E-state index in [1.807, 2.05) is 19.9 Å². The number of hydrogen-bond acceptors (Lipinski definition) is 6. The zero-order valence-corrected chi connectivity index (χ0v) is 19.4. The molecule has 0 radical (unpaired) electrons. The summed E-state index contributed by atoms with van der Waals surface area (Å²) >= 11 is 0. The SMILES string of the molecule is C=C/C(=C\N=C(/C)N)c1cc(N2CCOCC2)cc(S(=O)(=O)C2C[C@@H](C)O[C@@H](C)C2)c1. The van der Waals surface area contributed by atoms with Crippen molar-refractivity contribution in [3.8, 4) is 0 Å². The average molecular weight is 448 g/mol. The molecule has 0 amide bonds. The number of allylic oxidation sites excluding steroid dienone is 2. The van der Waals surface area contributed by atoms with Crippen molar-refractivity contribution in [1.82, 2.24) is 0 Å². The number of rotatable bonds is 6. The molecule has 2 aliphatic heterocycles. The number of morpholine rings is 1. The molecule has 0 aromatic heterocycles. The summed E-state index contributed by atoms with van der Waals surface area (Å²) in [5, 5.41) is -0.473. The van der Waals surface area contributed by atoms with Crippen LogP contribution in [-0.4, -0.2) is 58.0 Å². The predicted molar refractivity (Wildman–Crippen MR) is 125 cm³/mol. The Balaban J connectivity index is 2.09. The summed E-state index contributed by atoms with van der Waals surface area (Å²) in [7, 11) is -3.54. The maximum Gasteiger partial charge on any atom is 0.181 e. The van der Waals surface area contributed by atoms with Gasteiger partial charge in [0.2, 0.25) is 0 Å². The highest BCUT2D eigenvalue weighted by Crippen LogP contribution is 2.33. The van der Waals surface area contributed by atoms with Crippen LogP contribution in [0.3, 0.4) is 0 Å². The molecule has 2 saturated heterocycles. The molecule has 0 bridgehead atoms. The molecule has 170 valence electrons. The van der Waals surface area contributed by atoms with E-state index in [4.69, 9.17) is 15.2 Å². The van der Waals surface area contributed by atoms with Crippen molar-refractivity contribution in [3.63, 3.8) is 0 Å². The zero-order chi connectivity index (χ0) is 22.6. The first-order chi connectivity index (χ1) is 14.7. The van der Waals surface area contributed by atoms with Gasteiger partial charge in [0.25, 0.3) is 0 Å². The van der Waals surface area contributed by atoms with Crippen LogP contribution in [0.2, 0.25) is 0 Å². The molecule has 7 nitrogen and oxygen atoms in total. The smallest absolute Gasteiger partial charge is 0.181 e. The van der Waals surface area contributed by atoms with Crippen LogP contribution in [0.1, 0.15) is 39.2 Å². The fourth-order valence-electron chi connectivity index (χ4n) is 4.13. The normalized spacial score (nSPS) is 26.0. The standard InChI is InChI=1S/C23H33N3O4S/c1-5-19(15-25-18(4)24)20-12-21(26-6-8-29-9-7-26)14-23(13-20)31(27,28)22-10-16(2)30-17(3)11-22/h5,12-17,22H,1,6-11H2,2-4H3,(H2,24,25)/b19-15+/t16-,17+,22?. The van der Waals surface area contributed by atoms with Gasteiger partial charge in [0.15, 0.2) is 9.84 Å². The van der Waals surface area contributed by atoms with Crippen LogP contribution in [0.15, 0.2) is 46.9 Å². The van der Waals surface area contributed by atoms with Crippen LogP contribution < -0.4 is 10.6 Å². The van der Waals surface area contributed by atoms with Crippen molar-refractivity contribution in [1.29, 1.82) is 0 Å². The number of amidine groups is 1. The van der Waals surface area contributed by atoms with Gasteiger partial charge in [0.1, 0.15) is 0 Å². The lowest BCUT2D eigenvalue weighted by atomic mass is 10.1. The van der Waals surface area contributed by atoms with Crippen LogP contribution in [-0.2, 0) is 19.3 Å². The molecule has 2 heterocycles. The average Bonchev–Trinajstić information content (AvgIpc) is 2.73. The molecule has 3 rings (SSSR count). The largest absolute Gasteiger partial charge is 0.387 e. The van der Waals surface area contributed by atoms with Gasteiger partial charge < -0.3 is 20.1 Å². The third-order valence-electron chi connectivity index (χ3n) is 5.65. The summed E-state index contributed by atoms with van der Waals surface area (Å²) in [5.74, 6) is 0.418. The highest BCUT2D eigenvalue weighted by atomic mass is 32.2. The summed E-state index contributed by atoms with van der Waals surface area (Å²) in [6.45, 7) is 12.1. The molecule has 0 saturated carbocycles. The summed E-state index contributed by atoms with van der Waals surface area (Å²) in [5.41, 5.74) is 8.00. The molecule has 1 unspecified atom stereocenters. The van der Waals surface area contributed by atoms with Gasteiger partial charge in [-0.05, 0) is 62.9 Å². The first kappa shape index (κ1) is 23.5. The molecule has 8 heteroatoms. The number of hydrogen-bond donors (Lipinski definition) is 1. The van der Waals surface area contributed by atoms with E-state index >= 15 is 0 Å². The van der Waals surface area contributed by atoms with E-state index in [-0.39, 0.29) is 12.2 Å². The van der Waals surface area contributed by atoms with Crippen LogP contribution in [0.5, 0.6) is 0 Å². The zero-order valence-electron chi connectivity index (χ0n) is 18.6. The number of ether oxygens (including phenoxy) is 2. The van der Waals surface area contributed by atoms with Gasteiger partial charge in [-0.3, -0.25) is 0 Å². The molecule has 31 heavy (non-hydrogen) atoms. The van der Waals surface area contributed by atoms with Crippen LogP contribution in [0.4, 0.5) is 5.69 Å². The van der Waals surface area contributed by atoms with E-state index in [1.54, 1.807) is 31.3 Å². The first-order valence-corrected chi connectivity index (χ1v) is 12.3. The van der Waals surface area contributed by atoms with E-state index in [0.29, 0.717) is 55.4 Å². The van der Waals surface area contributed by atoms with E-state index < -0.39 is 15.1 Å². The van der Waals surface area contributed by atoms with E-state index in [9.17, 15) is 8.42 Å². The quantitative estimate of drug-likeness (QED) is 0.409. The number of sulfone groups is 1. The van der Waals surface area contributed by atoms with Crippen LogP contribution in [0.25, 0.3) is 5.57 Å². The number of aliphatic imine (C=N–C) groups is 1.